The molecule has 0 bridgehead atoms. The number of likely N-dealkylation sites (tertiary alicyclic amines) is 1. The number of hydrogen-bond acceptors (Lipinski definition) is 4. The molecule has 2 amide bonds. The molecule has 0 aromatic carbocycles. The van der Waals surface area contributed by atoms with Gasteiger partial charge < -0.3 is 14.7 Å². The molecule has 6 nitrogen and oxygen atoms in total. The fourth-order valence-corrected chi connectivity index (χ4v) is 2.55. The van der Waals surface area contributed by atoms with Gasteiger partial charge in [0.15, 0.2) is 0 Å². The molecule has 110 valence electrons. The van der Waals surface area contributed by atoms with Crippen molar-refractivity contribution in [3.63, 3.8) is 0 Å². The van der Waals surface area contributed by atoms with Gasteiger partial charge in [-0.1, -0.05) is 5.16 Å². The van der Waals surface area contributed by atoms with Crippen LogP contribution >= 0.6 is 0 Å². The summed E-state index contributed by atoms with van der Waals surface area (Å²) in [7, 11) is 0. The molecule has 1 aromatic rings. The minimum absolute atomic E-state index is 0.00375. The van der Waals surface area contributed by atoms with Crippen LogP contribution in [-0.4, -0.2) is 35.0 Å². The van der Waals surface area contributed by atoms with Crippen LogP contribution in [0, 0.1) is 19.8 Å². The summed E-state index contributed by atoms with van der Waals surface area (Å²) in [6.45, 7) is 6.93. The number of aryl methyl sites for hydroxylation is 2. The van der Waals surface area contributed by atoms with Crippen LogP contribution in [0.5, 0.6) is 0 Å². The average Bonchev–Trinajstić information content (AvgIpc) is 2.75. The van der Waals surface area contributed by atoms with Crippen molar-refractivity contribution in [1.29, 1.82) is 0 Å². The number of carbonyl (C=O) groups is 2. The third-order valence-electron chi connectivity index (χ3n) is 3.86. The van der Waals surface area contributed by atoms with Gasteiger partial charge in [0.25, 0.3) is 0 Å². The van der Waals surface area contributed by atoms with E-state index in [1.54, 1.807) is 11.8 Å². The minimum Gasteiger partial charge on any atom is -0.361 e. The minimum atomic E-state index is -0.117. The molecule has 2 heterocycles. The highest BCUT2D eigenvalue weighted by Gasteiger charge is 2.27. The van der Waals surface area contributed by atoms with E-state index < -0.39 is 0 Å². The van der Waals surface area contributed by atoms with Gasteiger partial charge in [0.2, 0.25) is 11.8 Å². The fraction of sp³-hybridized carbons (Fsp3) is 0.643. The quantitative estimate of drug-likeness (QED) is 0.901. The van der Waals surface area contributed by atoms with Gasteiger partial charge in [-0.2, -0.15) is 0 Å². The van der Waals surface area contributed by atoms with Crippen LogP contribution in [0.25, 0.3) is 0 Å². The number of aromatic nitrogens is 1. The first-order chi connectivity index (χ1) is 9.49. The molecule has 0 aliphatic carbocycles. The molecule has 6 heteroatoms. The summed E-state index contributed by atoms with van der Waals surface area (Å²) in [5.41, 5.74) is 1.73. The number of rotatable bonds is 3. The lowest BCUT2D eigenvalue weighted by molar-refractivity contribution is -0.134. The standard InChI is InChI=1S/C14H21N3O3/c1-9-13(10(2)20-16-9)7-15-14(19)12-5-4-6-17(8-12)11(3)18/h12H,4-8H2,1-3H3,(H,15,19). The Morgan fingerprint density at radius 2 is 2.20 bits per heavy atom. The molecule has 1 saturated heterocycles. The molecule has 1 aromatic heterocycles. The van der Waals surface area contributed by atoms with Crippen LogP contribution in [0.2, 0.25) is 0 Å². The SMILES string of the molecule is CC(=O)N1CCCC(C(=O)NCc2c(C)noc2C)C1. The predicted molar refractivity (Wildman–Crippen MR) is 72.8 cm³/mol. The lowest BCUT2D eigenvalue weighted by Gasteiger charge is -2.31. The lowest BCUT2D eigenvalue weighted by atomic mass is 9.97. The van der Waals surface area contributed by atoms with E-state index in [9.17, 15) is 9.59 Å². The number of hydrogen-bond donors (Lipinski definition) is 1. The Balaban J connectivity index is 1.90. The maximum atomic E-state index is 12.2. The van der Waals surface area contributed by atoms with Gasteiger partial charge in [0.05, 0.1) is 11.6 Å². The zero-order valence-corrected chi connectivity index (χ0v) is 12.2. The molecule has 1 atom stereocenters. The van der Waals surface area contributed by atoms with Crippen molar-refractivity contribution in [1.82, 2.24) is 15.4 Å². The van der Waals surface area contributed by atoms with Crippen LogP contribution in [-0.2, 0) is 16.1 Å². The predicted octanol–water partition coefficient (Wildman–Crippen LogP) is 1.17. The highest BCUT2D eigenvalue weighted by molar-refractivity contribution is 5.80. The average molecular weight is 279 g/mol. The van der Waals surface area contributed by atoms with E-state index in [1.165, 1.54) is 0 Å². The third-order valence-corrected chi connectivity index (χ3v) is 3.86. The topological polar surface area (TPSA) is 75.4 Å². The molecule has 1 fully saturated rings. The first-order valence-electron chi connectivity index (χ1n) is 6.94. The van der Waals surface area contributed by atoms with Gasteiger partial charge in [0, 0.05) is 32.1 Å². The summed E-state index contributed by atoms with van der Waals surface area (Å²) in [5, 5.41) is 6.78. The Morgan fingerprint density at radius 3 is 2.80 bits per heavy atom. The Bertz CT molecular complexity index is 490. The van der Waals surface area contributed by atoms with E-state index in [4.69, 9.17) is 4.52 Å². The largest absolute Gasteiger partial charge is 0.361 e. The Kier molecular flexibility index (Phi) is 4.42. The number of carbonyl (C=O) groups excluding carboxylic acids is 2. The Morgan fingerprint density at radius 1 is 1.45 bits per heavy atom. The molecule has 2 rings (SSSR count). The molecule has 1 unspecified atom stereocenters. The monoisotopic (exact) mass is 279 g/mol. The van der Waals surface area contributed by atoms with Crippen LogP contribution in [0.15, 0.2) is 4.52 Å². The number of nitrogens with one attached hydrogen (secondary N) is 1. The van der Waals surface area contributed by atoms with Crippen LogP contribution in [0.1, 0.15) is 36.8 Å². The number of nitrogens with zero attached hydrogens (tertiary/aromatic N) is 2. The van der Waals surface area contributed by atoms with Gasteiger partial charge in [0.1, 0.15) is 5.76 Å². The molecular formula is C14H21N3O3. The van der Waals surface area contributed by atoms with Crippen molar-refractivity contribution in [2.45, 2.75) is 40.2 Å². The highest BCUT2D eigenvalue weighted by atomic mass is 16.5. The summed E-state index contributed by atoms with van der Waals surface area (Å²) >= 11 is 0. The third kappa shape index (κ3) is 3.18. The van der Waals surface area contributed by atoms with Crippen LogP contribution in [0.3, 0.4) is 0 Å². The zero-order valence-electron chi connectivity index (χ0n) is 12.2. The highest BCUT2D eigenvalue weighted by Crippen LogP contribution is 2.17. The smallest absolute Gasteiger partial charge is 0.225 e. The second kappa shape index (κ2) is 6.07. The van der Waals surface area contributed by atoms with Gasteiger partial charge >= 0.3 is 0 Å². The van der Waals surface area contributed by atoms with E-state index in [1.807, 2.05) is 13.8 Å². The van der Waals surface area contributed by atoms with Gasteiger partial charge in [-0.3, -0.25) is 9.59 Å². The van der Waals surface area contributed by atoms with E-state index >= 15 is 0 Å². The maximum Gasteiger partial charge on any atom is 0.225 e. The summed E-state index contributed by atoms with van der Waals surface area (Å²) in [6.07, 6.45) is 1.71. The molecule has 1 aliphatic heterocycles. The molecule has 20 heavy (non-hydrogen) atoms. The normalized spacial score (nSPS) is 18.9. The van der Waals surface area contributed by atoms with Crippen LogP contribution in [0.4, 0.5) is 0 Å². The molecule has 0 radical (unpaired) electrons. The van der Waals surface area contributed by atoms with Gasteiger partial charge in [-0.25, -0.2) is 0 Å². The van der Waals surface area contributed by atoms with Crippen LogP contribution < -0.4 is 5.32 Å². The van der Waals surface area contributed by atoms with E-state index in [0.717, 1.165) is 36.4 Å². The molecule has 1 N–H and O–H groups in total. The summed E-state index contributed by atoms with van der Waals surface area (Å²) in [6, 6.07) is 0. The van der Waals surface area contributed by atoms with Gasteiger partial charge in [-0.15, -0.1) is 0 Å². The van der Waals surface area contributed by atoms with Crippen molar-refractivity contribution in [3.8, 4) is 0 Å². The van der Waals surface area contributed by atoms with E-state index in [0.29, 0.717) is 13.1 Å². The van der Waals surface area contributed by atoms with E-state index in [-0.39, 0.29) is 17.7 Å². The molecular weight excluding hydrogens is 258 g/mol. The van der Waals surface area contributed by atoms with Crippen molar-refractivity contribution in [2.24, 2.45) is 5.92 Å². The first kappa shape index (κ1) is 14.6. The number of amides is 2. The van der Waals surface area contributed by atoms with E-state index in [2.05, 4.69) is 10.5 Å². The Hall–Kier alpha value is -1.85. The maximum absolute atomic E-state index is 12.2. The summed E-state index contributed by atoms with van der Waals surface area (Å²) in [4.78, 5) is 25.3. The van der Waals surface area contributed by atoms with Crippen molar-refractivity contribution in [3.05, 3.63) is 17.0 Å². The number of piperidine rings is 1. The summed E-state index contributed by atoms with van der Waals surface area (Å²) < 4.78 is 5.07. The fourth-order valence-electron chi connectivity index (χ4n) is 2.55. The second-order valence-electron chi connectivity index (χ2n) is 5.32. The second-order valence-corrected chi connectivity index (χ2v) is 5.32. The Labute approximate surface area is 118 Å². The lowest BCUT2D eigenvalue weighted by Crippen LogP contribution is -2.44. The zero-order chi connectivity index (χ0) is 14.7. The van der Waals surface area contributed by atoms with Crippen molar-refractivity contribution in [2.75, 3.05) is 13.1 Å². The van der Waals surface area contributed by atoms with Crippen molar-refractivity contribution < 1.29 is 14.1 Å². The molecule has 1 aliphatic rings. The summed E-state index contributed by atoms with van der Waals surface area (Å²) in [5.74, 6) is 0.647. The molecule has 0 spiro atoms. The molecule has 0 saturated carbocycles. The van der Waals surface area contributed by atoms with Crippen molar-refractivity contribution >= 4 is 11.8 Å². The van der Waals surface area contributed by atoms with Gasteiger partial charge in [-0.05, 0) is 26.7 Å². The first-order valence-corrected chi connectivity index (χ1v) is 6.94.